The molecule has 1 atom stereocenters. The summed E-state index contributed by atoms with van der Waals surface area (Å²) in [5, 5.41) is 13.8. The summed E-state index contributed by atoms with van der Waals surface area (Å²) in [5.41, 5.74) is 5.00. The molecule has 0 aliphatic carbocycles. The predicted octanol–water partition coefficient (Wildman–Crippen LogP) is 1.78. The van der Waals surface area contributed by atoms with Crippen LogP contribution in [0, 0.1) is 15.9 Å². The molecular formula is C15H14FN3O5S. The Morgan fingerprint density at radius 1 is 1.24 bits per heavy atom. The highest BCUT2D eigenvalue weighted by Crippen LogP contribution is 2.30. The van der Waals surface area contributed by atoms with E-state index in [2.05, 4.69) is 5.32 Å². The third-order valence-electron chi connectivity index (χ3n) is 3.38. The lowest BCUT2D eigenvalue weighted by Gasteiger charge is -2.17. The number of carbonyl (C=O) groups is 1. The molecule has 132 valence electrons. The van der Waals surface area contributed by atoms with Crippen molar-refractivity contribution in [3.63, 3.8) is 0 Å². The van der Waals surface area contributed by atoms with Gasteiger partial charge in [-0.15, -0.1) is 0 Å². The highest BCUT2D eigenvalue weighted by Gasteiger charge is 2.24. The van der Waals surface area contributed by atoms with Gasteiger partial charge in [0.25, 0.3) is 5.69 Å². The Balaban J connectivity index is 2.47. The van der Waals surface area contributed by atoms with Gasteiger partial charge in [-0.2, -0.15) is 0 Å². The van der Waals surface area contributed by atoms with E-state index >= 15 is 0 Å². The molecule has 0 saturated heterocycles. The Kier molecular flexibility index (Phi) is 5.02. The van der Waals surface area contributed by atoms with Crippen molar-refractivity contribution in [1.29, 1.82) is 0 Å². The number of halogens is 1. The molecule has 2 aromatic rings. The van der Waals surface area contributed by atoms with Crippen LogP contribution in [0.4, 0.5) is 15.8 Å². The SMILES string of the molecule is CS(=O)(=O)c1ccc(NC(C(N)=O)c2ccc(F)cc2)c([N+](=O)[O-])c1. The maximum Gasteiger partial charge on any atom is 0.293 e. The van der Waals surface area contributed by atoms with Crippen molar-refractivity contribution in [2.24, 2.45) is 5.73 Å². The molecule has 3 N–H and O–H groups in total. The fraction of sp³-hybridized carbons (Fsp3) is 0.133. The molecule has 0 saturated carbocycles. The van der Waals surface area contributed by atoms with Crippen LogP contribution in [-0.4, -0.2) is 25.5 Å². The van der Waals surface area contributed by atoms with Gasteiger partial charge in [0.05, 0.1) is 9.82 Å². The van der Waals surface area contributed by atoms with Gasteiger partial charge in [0.2, 0.25) is 5.91 Å². The second-order valence-electron chi connectivity index (χ2n) is 5.24. The molecule has 0 spiro atoms. The van der Waals surface area contributed by atoms with Crippen LogP contribution in [-0.2, 0) is 14.6 Å². The van der Waals surface area contributed by atoms with Crippen LogP contribution in [0.1, 0.15) is 11.6 Å². The molecule has 25 heavy (non-hydrogen) atoms. The summed E-state index contributed by atoms with van der Waals surface area (Å²) < 4.78 is 36.1. The van der Waals surface area contributed by atoms with E-state index < -0.39 is 38.2 Å². The minimum absolute atomic E-state index is 0.0921. The van der Waals surface area contributed by atoms with Gasteiger partial charge >= 0.3 is 0 Å². The predicted molar refractivity (Wildman–Crippen MR) is 88.2 cm³/mol. The van der Waals surface area contributed by atoms with Gasteiger partial charge in [0, 0.05) is 12.3 Å². The van der Waals surface area contributed by atoms with E-state index in [4.69, 9.17) is 5.73 Å². The number of anilines is 1. The summed E-state index contributed by atoms with van der Waals surface area (Å²) in [4.78, 5) is 21.9. The average molecular weight is 367 g/mol. The lowest BCUT2D eigenvalue weighted by atomic mass is 10.1. The standard InChI is InChI=1S/C15H14FN3O5S/c1-25(23,24)11-6-7-12(13(8-11)19(21)22)18-14(15(17)20)9-2-4-10(16)5-3-9/h2-8,14,18H,1H3,(H2,17,20). The van der Waals surface area contributed by atoms with Crippen LogP contribution in [0.2, 0.25) is 0 Å². The number of primary amides is 1. The molecular weight excluding hydrogens is 353 g/mol. The zero-order chi connectivity index (χ0) is 18.8. The first-order valence-electron chi connectivity index (χ1n) is 6.89. The van der Waals surface area contributed by atoms with Crippen molar-refractivity contribution in [3.05, 3.63) is 64.0 Å². The number of nitrogens with two attached hydrogens (primary N) is 1. The summed E-state index contributed by atoms with van der Waals surface area (Å²) >= 11 is 0. The van der Waals surface area contributed by atoms with Crippen molar-refractivity contribution < 1.29 is 22.5 Å². The first kappa shape index (κ1) is 18.3. The summed E-state index contributed by atoms with van der Waals surface area (Å²) in [5.74, 6) is -1.36. The summed E-state index contributed by atoms with van der Waals surface area (Å²) in [6.45, 7) is 0. The van der Waals surface area contributed by atoms with Gasteiger partial charge in [-0.3, -0.25) is 14.9 Å². The van der Waals surface area contributed by atoms with Crippen LogP contribution in [0.25, 0.3) is 0 Å². The van der Waals surface area contributed by atoms with E-state index in [1.807, 2.05) is 0 Å². The fourth-order valence-electron chi connectivity index (χ4n) is 2.14. The summed E-state index contributed by atoms with van der Waals surface area (Å²) in [7, 11) is -3.64. The van der Waals surface area contributed by atoms with Crippen molar-refractivity contribution in [3.8, 4) is 0 Å². The van der Waals surface area contributed by atoms with Crippen LogP contribution < -0.4 is 11.1 Å². The molecule has 0 aromatic heterocycles. The van der Waals surface area contributed by atoms with Gasteiger partial charge in [-0.25, -0.2) is 12.8 Å². The highest BCUT2D eigenvalue weighted by atomic mass is 32.2. The normalized spacial score (nSPS) is 12.4. The summed E-state index contributed by atoms with van der Waals surface area (Å²) in [6, 6.07) is 6.94. The Morgan fingerprint density at radius 3 is 2.32 bits per heavy atom. The Bertz CT molecular complexity index is 929. The quantitative estimate of drug-likeness (QED) is 0.591. The third kappa shape index (κ3) is 4.29. The molecule has 1 amide bonds. The smallest absolute Gasteiger partial charge is 0.293 e. The number of nitro benzene ring substituents is 1. The number of carbonyl (C=O) groups excluding carboxylic acids is 1. The van der Waals surface area contributed by atoms with Crippen LogP contribution >= 0.6 is 0 Å². The molecule has 10 heteroatoms. The average Bonchev–Trinajstić information content (AvgIpc) is 2.52. The molecule has 0 aliphatic heterocycles. The number of benzene rings is 2. The van der Waals surface area contributed by atoms with Crippen molar-refractivity contribution in [2.75, 3.05) is 11.6 Å². The van der Waals surface area contributed by atoms with E-state index in [-0.39, 0.29) is 10.6 Å². The Labute approximate surface area is 142 Å². The molecule has 0 fully saturated rings. The minimum atomic E-state index is -3.64. The van der Waals surface area contributed by atoms with Crippen LogP contribution in [0.5, 0.6) is 0 Å². The Morgan fingerprint density at radius 2 is 1.84 bits per heavy atom. The first-order chi connectivity index (χ1) is 11.6. The number of nitro groups is 1. The first-order valence-corrected chi connectivity index (χ1v) is 8.78. The number of amides is 1. The molecule has 2 rings (SSSR count). The van der Waals surface area contributed by atoms with E-state index in [1.165, 1.54) is 24.3 Å². The van der Waals surface area contributed by atoms with Crippen LogP contribution in [0.15, 0.2) is 47.4 Å². The van der Waals surface area contributed by atoms with E-state index in [0.29, 0.717) is 5.56 Å². The summed E-state index contributed by atoms with van der Waals surface area (Å²) in [6.07, 6.45) is 0.921. The number of hydrogen-bond donors (Lipinski definition) is 2. The van der Waals surface area contributed by atoms with Gasteiger partial charge in [-0.1, -0.05) is 12.1 Å². The lowest BCUT2D eigenvalue weighted by molar-refractivity contribution is -0.384. The zero-order valence-electron chi connectivity index (χ0n) is 13.0. The number of nitrogens with zero attached hydrogens (tertiary/aromatic N) is 1. The van der Waals surface area contributed by atoms with E-state index in [9.17, 15) is 27.7 Å². The van der Waals surface area contributed by atoms with E-state index in [0.717, 1.165) is 24.5 Å². The number of sulfone groups is 1. The number of nitrogens with one attached hydrogen (secondary N) is 1. The van der Waals surface area contributed by atoms with Crippen molar-refractivity contribution in [2.45, 2.75) is 10.9 Å². The highest BCUT2D eigenvalue weighted by molar-refractivity contribution is 7.90. The molecule has 8 nitrogen and oxygen atoms in total. The topological polar surface area (TPSA) is 132 Å². The van der Waals surface area contributed by atoms with Crippen molar-refractivity contribution >= 4 is 27.1 Å². The van der Waals surface area contributed by atoms with Gasteiger partial charge < -0.3 is 11.1 Å². The Hall–Kier alpha value is -3.01. The number of rotatable bonds is 6. The number of hydrogen-bond acceptors (Lipinski definition) is 6. The van der Waals surface area contributed by atoms with Crippen molar-refractivity contribution in [1.82, 2.24) is 0 Å². The third-order valence-corrected chi connectivity index (χ3v) is 4.49. The molecule has 0 radical (unpaired) electrons. The van der Waals surface area contributed by atoms with Crippen LogP contribution in [0.3, 0.4) is 0 Å². The largest absolute Gasteiger partial charge is 0.368 e. The lowest BCUT2D eigenvalue weighted by Crippen LogP contribution is -2.28. The van der Waals surface area contributed by atoms with Gasteiger partial charge in [0.1, 0.15) is 17.5 Å². The monoisotopic (exact) mass is 367 g/mol. The maximum absolute atomic E-state index is 13.0. The second-order valence-corrected chi connectivity index (χ2v) is 7.26. The zero-order valence-corrected chi connectivity index (χ0v) is 13.8. The molecule has 0 bridgehead atoms. The van der Waals surface area contributed by atoms with E-state index in [1.54, 1.807) is 0 Å². The maximum atomic E-state index is 13.0. The minimum Gasteiger partial charge on any atom is -0.368 e. The fourth-order valence-corrected chi connectivity index (χ4v) is 2.79. The second kappa shape index (κ2) is 6.85. The molecule has 0 aliphatic rings. The molecule has 0 heterocycles. The van der Waals surface area contributed by atoms with Gasteiger partial charge in [0.15, 0.2) is 9.84 Å². The molecule has 2 aromatic carbocycles. The molecule has 1 unspecified atom stereocenters. The van der Waals surface area contributed by atoms with Gasteiger partial charge in [-0.05, 0) is 29.8 Å².